The molecule has 0 saturated carbocycles. The molecule has 0 atom stereocenters. The monoisotopic (exact) mass is 210 g/mol. The second kappa shape index (κ2) is 5.85. The van der Waals surface area contributed by atoms with Gasteiger partial charge in [0.25, 0.3) is 0 Å². The van der Waals surface area contributed by atoms with Gasteiger partial charge in [-0.15, -0.1) is 24.8 Å². The lowest BCUT2D eigenvalue weighted by Gasteiger charge is -1.97. The van der Waals surface area contributed by atoms with Crippen LogP contribution in [0.2, 0.25) is 0 Å². The Morgan fingerprint density at radius 1 is 1.67 bits per heavy atom. The van der Waals surface area contributed by atoms with Crippen LogP contribution in [0.3, 0.4) is 0 Å². The summed E-state index contributed by atoms with van der Waals surface area (Å²) in [5, 5.41) is 7.00. The molecule has 0 aromatic carbocycles. The van der Waals surface area contributed by atoms with Crippen LogP contribution in [0.1, 0.15) is 5.69 Å². The highest BCUT2D eigenvalue weighted by molar-refractivity contribution is 5.85. The summed E-state index contributed by atoms with van der Waals surface area (Å²) in [6.45, 7) is 0. The van der Waals surface area contributed by atoms with Gasteiger partial charge in [0.1, 0.15) is 0 Å². The zero-order chi connectivity index (χ0) is 7.56. The molecule has 0 fully saturated rings. The summed E-state index contributed by atoms with van der Waals surface area (Å²) in [5.41, 5.74) is 6.16. The van der Waals surface area contributed by atoms with Gasteiger partial charge in [0, 0.05) is 25.4 Å². The first-order chi connectivity index (χ1) is 4.70. The highest BCUT2D eigenvalue weighted by Gasteiger charge is 1.97. The van der Waals surface area contributed by atoms with E-state index in [-0.39, 0.29) is 30.6 Å². The van der Waals surface area contributed by atoms with Crippen LogP contribution in [0.25, 0.3) is 0 Å². The van der Waals surface area contributed by atoms with Crippen LogP contribution in [0.15, 0.2) is 12.5 Å². The minimum Gasteiger partial charge on any atom is -0.387 e. The Morgan fingerprint density at radius 3 is 2.58 bits per heavy atom. The van der Waals surface area contributed by atoms with E-state index in [1.54, 1.807) is 12.5 Å². The van der Waals surface area contributed by atoms with Crippen molar-refractivity contribution in [1.29, 1.82) is 5.41 Å². The SMILES string of the molecule is Cl.Cl.Cn1cncc1CC(=N)N. The molecule has 1 aromatic rings. The van der Waals surface area contributed by atoms with Crippen molar-refractivity contribution in [2.75, 3.05) is 0 Å². The van der Waals surface area contributed by atoms with E-state index in [9.17, 15) is 0 Å². The van der Waals surface area contributed by atoms with Crippen LogP contribution in [-0.2, 0) is 13.5 Å². The third-order valence-electron chi connectivity index (χ3n) is 1.29. The van der Waals surface area contributed by atoms with Gasteiger partial charge in [-0.25, -0.2) is 4.98 Å². The van der Waals surface area contributed by atoms with Crippen molar-refractivity contribution >= 4 is 30.6 Å². The molecule has 0 aliphatic carbocycles. The van der Waals surface area contributed by atoms with E-state index in [0.717, 1.165) is 5.69 Å². The molecule has 0 unspecified atom stereocenters. The zero-order valence-corrected chi connectivity index (χ0v) is 8.28. The number of rotatable bonds is 2. The predicted molar refractivity (Wildman–Crippen MR) is 53.3 cm³/mol. The van der Waals surface area contributed by atoms with Gasteiger partial charge < -0.3 is 10.3 Å². The Labute approximate surface area is 83.5 Å². The van der Waals surface area contributed by atoms with Gasteiger partial charge in [-0.05, 0) is 0 Å². The Morgan fingerprint density at radius 2 is 2.25 bits per heavy atom. The molecule has 0 aliphatic heterocycles. The van der Waals surface area contributed by atoms with E-state index in [0.29, 0.717) is 6.42 Å². The fourth-order valence-electron chi connectivity index (χ4n) is 0.750. The number of aromatic nitrogens is 2. The van der Waals surface area contributed by atoms with Crippen molar-refractivity contribution in [2.45, 2.75) is 6.42 Å². The third-order valence-corrected chi connectivity index (χ3v) is 1.29. The van der Waals surface area contributed by atoms with E-state index in [2.05, 4.69) is 4.98 Å². The Hall–Kier alpha value is -0.740. The molecule has 1 heterocycles. The molecule has 70 valence electrons. The van der Waals surface area contributed by atoms with Crippen molar-refractivity contribution in [3.05, 3.63) is 18.2 Å². The number of amidine groups is 1. The fraction of sp³-hybridized carbons (Fsp3) is 0.333. The molecule has 6 heteroatoms. The molecule has 0 amide bonds. The maximum absolute atomic E-state index is 7.00. The van der Waals surface area contributed by atoms with E-state index in [1.165, 1.54) is 0 Å². The molecule has 0 spiro atoms. The molecule has 0 aliphatic rings. The van der Waals surface area contributed by atoms with Crippen LogP contribution >= 0.6 is 24.8 Å². The van der Waals surface area contributed by atoms with E-state index in [1.807, 2.05) is 11.6 Å². The highest BCUT2D eigenvalue weighted by Crippen LogP contribution is 1.95. The molecule has 0 radical (unpaired) electrons. The van der Waals surface area contributed by atoms with Gasteiger partial charge in [0.15, 0.2) is 0 Å². The number of nitrogens with zero attached hydrogens (tertiary/aromatic N) is 2. The molecule has 12 heavy (non-hydrogen) atoms. The molecule has 0 saturated heterocycles. The van der Waals surface area contributed by atoms with Crippen molar-refractivity contribution in [1.82, 2.24) is 9.55 Å². The van der Waals surface area contributed by atoms with Gasteiger partial charge in [0.05, 0.1) is 12.2 Å². The summed E-state index contributed by atoms with van der Waals surface area (Å²) in [6.07, 6.45) is 3.89. The van der Waals surface area contributed by atoms with E-state index >= 15 is 0 Å². The second-order valence-corrected chi connectivity index (χ2v) is 2.20. The van der Waals surface area contributed by atoms with Crippen LogP contribution in [0, 0.1) is 5.41 Å². The summed E-state index contributed by atoms with van der Waals surface area (Å²) < 4.78 is 1.85. The quantitative estimate of drug-likeness (QED) is 0.559. The zero-order valence-electron chi connectivity index (χ0n) is 6.65. The highest BCUT2D eigenvalue weighted by atomic mass is 35.5. The van der Waals surface area contributed by atoms with Crippen LogP contribution in [0.5, 0.6) is 0 Å². The molecule has 0 bridgehead atoms. The number of nitrogens with two attached hydrogens (primary N) is 1. The van der Waals surface area contributed by atoms with Crippen molar-refractivity contribution in [3.8, 4) is 0 Å². The summed E-state index contributed by atoms with van der Waals surface area (Å²) in [4.78, 5) is 3.89. The molecule has 1 rings (SSSR count). The lowest BCUT2D eigenvalue weighted by atomic mass is 10.3. The van der Waals surface area contributed by atoms with Crippen LogP contribution < -0.4 is 5.73 Å². The molecule has 3 N–H and O–H groups in total. The summed E-state index contributed by atoms with van der Waals surface area (Å²) in [7, 11) is 1.88. The first-order valence-electron chi connectivity index (χ1n) is 2.98. The predicted octanol–water partition coefficient (Wildman–Crippen LogP) is 0.742. The summed E-state index contributed by atoms with van der Waals surface area (Å²) >= 11 is 0. The van der Waals surface area contributed by atoms with Crippen molar-refractivity contribution < 1.29 is 0 Å². The average Bonchev–Trinajstić information content (AvgIpc) is 2.15. The lowest BCUT2D eigenvalue weighted by Crippen LogP contribution is -2.14. The number of hydrogen-bond acceptors (Lipinski definition) is 2. The first-order valence-corrected chi connectivity index (χ1v) is 2.98. The maximum atomic E-state index is 7.00. The Bertz CT molecular complexity index is 245. The number of nitrogens with one attached hydrogen (secondary N) is 1. The minimum absolute atomic E-state index is 0. The average molecular weight is 211 g/mol. The topological polar surface area (TPSA) is 67.7 Å². The molecular formula is C6H12Cl2N4. The summed E-state index contributed by atoms with van der Waals surface area (Å²) in [5.74, 6) is 0.170. The van der Waals surface area contributed by atoms with E-state index < -0.39 is 0 Å². The molecular weight excluding hydrogens is 199 g/mol. The van der Waals surface area contributed by atoms with Gasteiger partial charge in [0.2, 0.25) is 0 Å². The largest absolute Gasteiger partial charge is 0.387 e. The van der Waals surface area contributed by atoms with Crippen molar-refractivity contribution in [3.63, 3.8) is 0 Å². The second-order valence-electron chi connectivity index (χ2n) is 2.20. The standard InChI is InChI=1S/C6H10N4.2ClH/c1-10-4-9-3-5(10)2-6(7)8;;/h3-4H,2H2,1H3,(H3,7,8);2*1H. The van der Waals surface area contributed by atoms with Gasteiger partial charge in [-0.2, -0.15) is 0 Å². The number of imidazole rings is 1. The number of halogens is 2. The van der Waals surface area contributed by atoms with Crippen molar-refractivity contribution in [2.24, 2.45) is 12.8 Å². The number of aryl methyl sites for hydroxylation is 1. The van der Waals surface area contributed by atoms with Crippen LogP contribution in [0.4, 0.5) is 0 Å². The summed E-state index contributed by atoms with van der Waals surface area (Å²) in [6, 6.07) is 0. The first kappa shape index (κ1) is 13.8. The Kier molecular flexibility index (Phi) is 6.74. The fourth-order valence-corrected chi connectivity index (χ4v) is 0.750. The van der Waals surface area contributed by atoms with Gasteiger partial charge in [-0.3, -0.25) is 5.41 Å². The normalized spacial score (nSPS) is 8.08. The smallest absolute Gasteiger partial charge is 0.0965 e. The maximum Gasteiger partial charge on any atom is 0.0965 e. The Balaban J connectivity index is 0. The number of hydrogen-bond donors (Lipinski definition) is 2. The lowest BCUT2D eigenvalue weighted by molar-refractivity contribution is 0.856. The van der Waals surface area contributed by atoms with Crippen LogP contribution in [-0.4, -0.2) is 15.4 Å². The third kappa shape index (κ3) is 3.59. The minimum atomic E-state index is 0. The van der Waals surface area contributed by atoms with Gasteiger partial charge in [-0.1, -0.05) is 0 Å². The molecule has 1 aromatic heterocycles. The van der Waals surface area contributed by atoms with E-state index in [4.69, 9.17) is 11.1 Å². The van der Waals surface area contributed by atoms with Gasteiger partial charge >= 0.3 is 0 Å². The molecule has 4 nitrogen and oxygen atoms in total.